The summed E-state index contributed by atoms with van der Waals surface area (Å²) in [5.41, 5.74) is 1.31. The fourth-order valence-corrected chi connectivity index (χ4v) is 3.27. The first-order chi connectivity index (χ1) is 9.67. The van der Waals surface area contributed by atoms with Crippen LogP contribution in [0.1, 0.15) is 5.56 Å². The van der Waals surface area contributed by atoms with E-state index in [1.54, 1.807) is 0 Å². The van der Waals surface area contributed by atoms with E-state index in [1.165, 1.54) is 10.5 Å². The maximum absolute atomic E-state index is 5.91. The number of halogens is 2. The van der Waals surface area contributed by atoms with Crippen molar-refractivity contribution in [3.05, 3.63) is 63.6 Å². The van der Waals surface area contributed by atoms with Crippen molar-refractivity contribution in [2.24, 2.45) is 0 Å². The lowest BCUT2D eigenvalue weighted by Crippen LogP contribution is -2.30. The van der Waals surface area contributed by atoms with Crippen LogP contribution in [-0.4, -0.2) is 18.8 Å². The quantitative estimate of drug-likeness (QED) is 0.716. The lowest BCUT2D eigenvalue weighted by Gasteiger charge is -2.16. The summed E-state index contributed by atoms with van der Waals surface area (Å²) in [6.45, 7) is 0. The van der Waals surface area contributed by atoms with Crippen molar-refractivity contribution in [3.8, 4) is 0 Å². The normalized spacial score (nSPS) is 12.3. The molecule has 0 aliphatic rings. The summed E-state index contributed by atoms with van der Waals surface area (Å²) in [5, 5.41) is 4.17. The molecule has 0 spiro atoms. The summed E-state index contributed by atoms with van der Waals surface area (Å²) in [6.07, 6.45) is 1.01. The van der Waals surface area contributed by atoms with Gasteiger partial charge in [0.15, 0.2) is 0 Å². The van der Waals surface area contributed by atoms with Gasteiger partial charge in [-0.2, -0.15) is 0 Å². The Morgan fingerprint density at radius 2 is 1.75 bits per heavy atom. The summed E-state index contributed by atoms with van der Waals surface area (Å²) in [7, 11) is 2.02. The van der Waals surface area contributed by atoms with Gasteiger partial charge in [-0.25, -0.2) is 0 Å². The molecule has 0 heterocycles. The molecule has 1 nitrogen and oxygen atoms in total. The highest BCUT2D eigenvalue weighted by atomic mass is 79.9. The average Bonchev–Trinajstić information content (AvgIpc) is 2.47. The van der Waals surface area contributed by atoms with E-state index < -0.39 is 0 Å². The molecule has 0 aliphatic heterocycles. The predicted molar refractivity (Wildman–Crippen MR) is 92.9 cm³/mol. The third-order valence-electron chi connectivity index (χ3n) is 3.07. The van der Waals surface area contributed by atoms with Crippen molar-refractivity contribution in [2.75, 3.05) is 12.8 Å². The zero-order valence-corrected chi connectivity index (χ0v) is 14.4. The molecule has 2 aromatic rings. The van der Waals surface area contributed by atoms with Crippen LogP contribution in [-0.2, 0) is 6.42 Å². The Labute approximate surface area is 138 Å². The van der Waals surface area contributed by atoms with Gasteiger partial charge in [0.25, 0.3) is 0 Å². The first-order valence-electron chi connectivity index (χ1n) is 6.47. The molecule has 0 saturated carbocycles. The Kier molecular flexibility index (Phi) is 6.43. The Morgan fingerprint density at radius 1 is 1.10 bits per heavy atom. The first-order valence-corrected chi connectivity index (χ1v) is 8.63. The van der Waals surface area contributed by atoms with Crippen LogP contribution in [0.2, 0.25) is 5.02 Å². The zero-order chi connectivity index (χ0) is 14.4. The minimum atomic E-state index is 0.449. The monoisotopic (exact) mass is 369 g/mol. The molecule has 2 rings (SSSR count). The number of benzene rings is 2. The molecule has 0 bridgehead atoms. The molecule has 0 saturated heterocycles. The number of hydrogen-bond donors (Lipinski definition) is 1. The minimum Gasteiger partial charge on any atom is -0.316 e. The second-order valence-electron chi connectivity index (χ2n) is 4.58. The summed E-state index contributed by atoms with van der Waals surface area (Å²) in [5.74, 6) is 1.04. The van der Waals surface area contributed by atoms with E-state index >= 15 is 0 Å². The van der Waals surface area contributed by atoms with Crippen LogP contribution < -0.4 is 5.32 Å². The molecule has 1 unspecified atom stereocenters. The topological polar surface area (TPSA) is 12.0 Å². The Morgan fingerprint density at radius 3 is 2.35 bits per heavy atom. The number of hydrogen-bond acceptors (Lipinski definition) is 2. The van der Waals surface area contributed by atoms with Gasteiger partial charge in [0.2, 0.25) is 0 Å². The van der Waals surface area contributed by atoms with Gasteiger partial charge in [0.1, 0.15) is 0 Å². The summed E-state index contributed by atoms with van der Waals surface area (Å²) in [4.78, 5) is 1.30. The van der Waals surface area contributed by atoms with Gasteiger partial charge in [0, 0.05) is 26.2 Å². The van der Waals surface area contributed by atoms with E-state index in [-0.39, 0.29) is 0 Å². The molecule has 0 amide bonds. The lowest BCUT2D eigenvalue weighted by atomic mass is 10.1. The van der Waals surface area contributed by atoms with Gasteiger partial charge in [-0.05, 0) is 55.4 Å². The predicted octanol–water partition coefficient (Wildman–Crippen LogP) is 5.03. The summed E-state index contributed by atoms with van der Waals surface area (Å²) < 4.78 is 1.12. The Bertz CT molecular complexity index is 527. The largest absolute Gasteiger partial charge is 0.316 e. The molecule has 1 N–H and O–H groups in total. The third kappa shape index (κ3) is 5.13. The number of likely N-dealkylation sites (N-methyl/N-ethyl adjacent to an activating group) is 1. The van der Waals surface area contributed by atoms with E-state index in [9.17, 15) is 0 Å². The number of nitrogens with one attached hydrogen (secondary N) is 1. The van der Waals surface area contributed by atoms with E-state index in [4.69, 9.17) is 11.6 Å². The van der Waals surface area contributed by atoms with Crippen molar-refractivity contribution in [1.82, 2.24) is 5.32 Å². The van der Waals surface area contributed by atoms with Crippen molar-refractivity contribution in [1.29, 1.82) is 0 Å². The lowest BCUT2D eigenvalue weighted by molar-refractivity contribution is 0.617. The number of thioether (sulfide) groups is 1. The van der Waals surface area contributed by atoms with Crippen LogP contribution in [0.5, 0.6) is 0 Å². The van der Waals surface area contributed by atoms with E-state index in [2.05, 4.69) is 57.6 Å². The molecule has 106 valence electrons. The van der Waals surface area contributed by atoms with Crippen molar-refractivity contribution < 1.29 is 0 Å². The minimum absolute atomic E-state index is 0.449. The van der Waals surface area contributed by atoms with Gasteiger partial charge in [-0.15, -0.1) is 11.8 Å². The molecule has 4 heteroatoms. The van der Waals surface area contributed by atoms with E-state index in [0.717, 1.165) is 21.7 Å². The van der Waals surface area contributed by atoms with Gasteiger partial charge in [0.05, 0.1) is 0 Å². The molecule has 1 atom stereocenters. The van der Waals surface area contributed by atoms with Crippen LogP contribution in [0, 0.1) is 0 Å². The van der Waals surface area contributed by atoms with Gasteiger partial charge < -0.3 is 5.32 Å². The van der Waals surface area contributed by atoms with E-state index in [0.29, 0.717) is 6.04 Å². The van der Waals surface area contributed by atoms with Crippen LogP contribution in [0.25, 0.3) is 0 Å². The van der Waals surface area contributed by atoms with E-state index in [1.807, 2.05) is 30.9 Å². The fourth-order valence-electron chi connectivity index (χ4n) is 1.88. The van der Waals surface area contributed by atoms with Gasteiger partial charge in [-0.3, -0.25) is 0 Å². The van der Waals surface area contributed by atoms with Crippen molar-refractivity contribution >= 4 is 39.3 Å². The fraction of sp³-hybridized carbons (Fsp3) is 0.250. The highest BCUT2D eigenvalue weighted by Crippen LogP contribution is 2.22. The zero-order valence-electron chi connectivity index (χ0n) is 11.3. The highest BCUT2D eigenvalue weighted by Gasteiger charge is 2.08. The summed E-state index contributed by atoms with van der Waals surface area (Å²) >= 11 is 11.2. The molecule has 0 fully saturated rings. The maximum atomic E-state index is 5.91. The van der Waals surface area contributed by atoms with Crippen LogP contribution in [0.4, 0.5) is 0 Å². The van der Waals surface area contributed by atoms with Crippen LogP contribution >= 0.6 is 39.3 Å². The molecular formula is C16H17BrClNS. The first kappa shape index (κ1) is 15.9. The van der Waals surface area contributed by atoms with Crippen LogP contribution in [0.3, 0.4) is 0 Å². The average molecular weight is 371 g/mol. The smallest absolute Gasteiger partial charge is 0.0406 e. The molecular weight excluding hydrogens is 354 g/mol. The van der Waals surface area contributed by atoms with Crippen molar-refractivity contribution in [2.45, 2.75) is 17.4 Å². The molecule has 0 radical (unpaired) electrons. The number of rotatable bonds is 6. The molecule has 0 aromatic heterocycles. The summed E-state index contributed by atoms with van der Waals surface area (Å²) in [6, 6.07) is 17.0. The van der Waals surface area contributed by atoms with Gasteiger partial charge >= 0.3 is 0 Å². The third-order valence-corrected chi connectivity index (χ3v) is 5.02. The molecule has 2 aromatic carbocycles. The second kappa shape index (κ2) is 8.08. The Balaban J connectivity index is 1.88. The standard InChI is InChI=1S/C16H17BrClNS/c1-19-15(10-12-2-6-14(18)7-3-12)11-20-16-8-4-13(17)5-9-16/h2-9,15,19H,10-11H2,1H3. The molecule has 0 aliphatic carbocycles. The van der Waals surface area contributed by atoms with Crippen molar-refractivity contribution in [3.63, 3.8) is 0 Å². The van der Waals surface area contributed by atoms with Gasteiger partial charge in [-0.1, -0.05) is 39.7 Å². The molecule has 20 heavy (non-hydrogen) atoms. The maximum Gasteiger partial charge on any atom is 0.0406 e. The Hall–Kier alpha value is -0.480. The SMILES string of the molecule is CNC(CSc1ccc(Br)cc1)Cc1ccc(Cl)cc1. The van der Waals surface area contributed by atoms with Crippen LogP contribution in [0.15, 0.2) is 57.9 Å². The second-order valence-corrected chi connectivity index (χ2v) is 7.03. The highest BCUT2D eigenvalue weighted by molar-refractivity contribution is 9.10.